The van der Waals surface area contributed by atoms with Crippen LogP contribution in [0.1, 0.15) is 0 Å². The van der Waals surface area contributed by atoms with Gasteiger partial charge in [-0.05, 0) is 40.2 Å². The lowest BCUT2D eigenvalue weighted by Crippen LogP contribution is -2.13. The van der Waals surface area contributed by atoms with Crippen LogP contribution in [0.5, 0.6) is 0 Å². The number of pyridine rings is 1. The number of hydrogen-bond donors (Lipinski definition) is 1. The fraction of sp³-hybridized carbons (Fsp3) is 0. The fourth-order valence-corrected chi connectivity index (χ4v) is 3.10. The lowest BCUT2D eigenvalue weighted by Gasteiger charge is -2.10. The van der Waals surface area contributed by atoms with E-state index in [1.807, 2.05) is 0 Å². The van der Waals surface area contributed by atoms with Gasteiger partial charge in [-0.15, -0.1) is 0 Å². The van der Waals surface area contributed by atoms with E-state index in [4.69, 9.17) is 23.2 Å². The number of nitrogens with zero attached hydrogens (tertiary/aromatic N) is 1. The van der Waals surface area contributed by atoms with Crippen molar-refractivity contribution in [2.75, 3.05) is 4.72 Å². The molecular formula is C11H7BrCl2N2O2S. The zero-order valence-electron chi connectivity index (χ0n) is 9.27. The van der Waals surface area contributed by atoms with Gasteiger partial charge in [0.1, 0.15) is 10.0 Å². The van der Waals surface area contributed by atoms with Crippen molar-refractivity contribution in [1.82, 2.24) is 4.98 Å². The van der Waals surface area contributed by atoms with E-state index in [-0.39, 0.29) is 10.0 Å². The second kappa shape index (κ2) is 5.66. The lowest BCUT2D eigenvalue weighted by molar-refractivity contribution is 0.601. The molecule has 1 heterocycles. The van der Waals surface area contributed by atoms with E-state index in [2.05, 4.69) is 25.6 Å². The summed E-state index contributed by atoms with van der Waals surface area (Å²) < 4.78 is 27.1. The van der Waals surface area contributed by atoms with Crippen LogP contribution in [0.4, 0.5) is 5.69 Å². The van der Waals surface area contributed by atoms with Gasteiger partial charge < -0.3 is 0 Å². The van der Waals surface area contributed by atoms with Crippen molar-refractivity contribution >= 4 is 54.8 Å². The van der Waals surface area contributed by atoms with Gasteiger partial charge in [0.15, 0.2) is 0 Å². The summed E-state index contributed by atoms with van der Waals surface area (Å²) in [4.78, 5) is 3.75. The van der Waals surface area contributed by atoms with Crippen molar-refractivity contribution in [3.8, 4) is 0 Å². The van der Waals surface area contributed by atoms with Crippen LogP contribution in [0.3, 0.4) is 0 Å². The molecule has 0 atom stereocenters. The highest BCUT2D eigenvalue weighted by Gasteiger charge is 2.16. The van der Waals surface area contributed by atoms with Crippen molar-refractivity contribution < 1.29 is 8.42 Å². The molecule has 100 valence electrons. The van der Waals surface area contributed by atoms with Crippen LogP contribution in [0.25, 0.3) is 0 Å². The summed E-state index contributed by atoms with van der Waals surface area (Å²) >= 11 is 14.7. The zero-order valence-corrected chi connectivity index (χ0v) is 13.2. The monoisotopic (exact) mass is 380 g/mol. The minimum Gasteiger partial charge on any atom is -0.278 e. The standard InChI is InChI=1S/C11H7BrCl2N2O2S/c12-11-8(13)2-1-3-9(11)16-19(17,18)7-4-5-10(14)15-6-7/h1-6,16H. The van der Waals surface area contributed by atoms with Crippen molar-refractivity contribution in [2.45, 2.75) is 4.90 Å². The highest BCUT2D eigenvalue weighted by atomic mass is 79.9. The Morgan fingerprint density at radius 1 is 1.16 bits per heavy atom. The summed E-state index contributed by atoms with van der Waals surface area (Å²) in [7, 11) is -3.73. The molecule has 2 rings (SSSR count). The Morgan fingerprint density at radius 3 is 2.53 bits per heavy atom. The number of hydrogen-bond acceptors (Lipinski definition) is 3. The number of rotatable bonds is 3. The molecular weight excluding hydrogens is 375 g/mol. The lowest BCUT2D eigenvalue weighted by atomic mass is 10.3. The van der Waals surface area contributed by atoms with Crippen LogP contribution in [0, 0.1) is 0 Å². The number of sulfonamides is 1. The summed E-state index contributed by atoms with van der Waals surface area (Å²) in [6, 6.07) is 7.66. The number of anilines is 1. The maximum absolute atomic E-state index is 12.1. The van der Waals surface area contributed by atoms with Gasteiger partial charge in [-0.25, -0.2) is 13.4 Å². The molecule has 0 unspecified atom stereocenters. The average molecular weight is 382 g/mol. The van der Waals surface area contributed by atoms with Gasteiger partial charge in [-0.3, -0.25) is 4.72 Å². The number of halogens is 3. The quantitative estimate of drug-likeness (QED) is 0.818. The molecule has 0 fully saturated rings. The predicted molar refractivity (Wildman–Crippen MR) is 79.2 cm³/mol. The summed E-state index contributed by atoms with van der Waals surface area (Å²) in [6.45, 7) is 0. The van der Waals surface area contributed by atoms with Crippen molar-refractivity contribution in [1.29, 1.82) is 0 Å². The SMILES string of the molecule is O=S(=O)(Nc1cccc(Cl)c1Br)c1ccc(Cl)nc1. The van der Waals surface area contributed by atoms with Gasteiger partial charge in [-0.2, -0.15) is 0 Å². The van der Waals surface area contributed by atoms with E-state index >= 15 is 0 Å². The zero-order chi connectivity index (χ0) is 14.0. The molecule has 19 heavy (non-hydrogen) atoms. The summed E-state index contributed by atoms with van der Waals surface area (Å²) in [5.41, 5.74) is 0.349. The maximum atomic E-state index is 12.1. The fourth-order valence-electron chi connectivity index (χ4n) is 1.31. The molecule has 1 N–H and O–H groups in total. The first-order valence-electron chi connectivity index (χ1n) is 4.98. The molecule has 0 amide bonds. The van der Waals surface area contributed by atoms with E-state index in [1.54, 1.807) is 18.2 Å². The van der Waals surface area contributed by atoms with Crippen molar-refractivity contribution in [3.05, 3.63) is 51.2 Å². The summed E-state index contributed by atoms with van der Waals surface area (Å²) in [5.74, 6) is 0. The molecule has 0 aliphatic rings. The van der Waals surface area contributed by atoms with Crippen LogP contribution in [0.15, 0.2) is 45.9 Å². The third-order valence-electron chi connectivity index (χ3n) is 2.21. The third kappa shape index (κ3) is 3.39. The molecule has 0 saturated carbocycles. The highest BCUT2D eigenvalue weighted by molar-refractivity contribution is 9.10. The first kappa shape index (κ1) is 14.6. The van der Waals surface area contributed by atoms with E-state index in [1.165, 1.54) is 18.3 Å². The molecule has 0 aliphatic heterocycles. The first-order valence-corrected chi connectivity index (χ1v) is 8.02. The van der Waals surface area contributed by atoms with Gasteiger partial charge in [0, 0.05) is 6.20 Å². The second-order valence-corrected chi connectivity index (χ2v) is 6.79. The smallest absolute Gasteiger partial charge is 0.263 e. The Kier molecular flexibility index (Phi) is 4.35. The van der Waals surface area contributed by atoms with E-state index in [0.717, 1.165) is 0 Å². The van der Waals surface area contributed by atoms with Crippen LogP contribution in [0.2, 0.25) is 10.2 Å². The van der Waals surface area contributed by atoms with E-state index in [0.29, 0.717) is 15.2 Å². The molecule has 2 aromatic rings. The Balaban J connectivity index is 2.36. The third-order valence-corrected chi connectivity index (χ3v) is 5.18. The van der Waals surface area contributed by atoms with Gasteiger partial charge in [0.25, 0.3) is 10.0 Å². The topological polar surface area (TPSA) is 59.1 Å². The largest absolute Gasteiger partial charge is 0.278 e. The summed E-state index contributed by atoms with van der Waals surface area (Å²) in [6.07, 6.45) is 1.18. The minimum absolute atomic E-state index is 0.0174. The Hall–Kier alpha value is -0.820. The first-order chi connectivity index (χ1) is 8.90. The molecule has 8 heteroatoms. The van der Waals surface area contributed by atoms with Gasteiger partial charge in [0.2, 0.25) is 0 Å². The minimum atomic E-state index is -3.73. The second-order valence-electron chi connectivity index (χ2n) is 3.52. The number of benzene rings is 1. The number of nitrogens with one attached hydrogen (secondary N) is 1. The molecule has 0 radical (unpaired) electrons. The van der Waals surface area contributed by atoms with Crippen LogP contribution in [-0.4, -0.2) is 13.4 Å². The van der Waals surface area contributed by atoms with Crippen LogP contribution < -0.4 is 4.72 Å². The molecule has 0 bridgehead atoms. The molecule has 1 aromatic heterocycles. The van der Waals surface area contributed by atoms with E-state index < -0.39 is 10.0 Å². The molecule has 0 spiro atoms. The van der Waals surface area contributed by atoms with Gasteiger partial charge in [0.05, 0.1) is 15.2 Å². The predicted octanol–water partition coefficient (Wildman–Crippen LogP) is 3.95. The Morgan fingerprint density at radius 2 is 1.89 bits per heavy atom. The molecule has 0 saturated heterocycles. The Bertz CT molecular complexity index is 705. The van der Waals surface area contributed by atoms with E-state index in [9.17, 15) is 8.42 Å². The van der Waals surface area contributed by atoms with Crippen LogP contribution in [-0.2, 0) is 10.0 Å². The molecule has 4 nitrogen and oxygen atoms in total. The van der Waals surface area contributed by atoms with Gasteiger partial charge >= 0.3 is 0 Å². The van der Waals surface area contributed by atoms with Crippen molar-refractivity contribution in [3.63, 3.8) is 0 Å². The normalized spacial score (nSPS) is 11.3. The average Bonchev–Trinajstić information content (AvgIpc) is 2.35. The van der Waals surface area contributed by atoms with Gasteiger partial charge in [-0.1, -0.05) is 29.3 Å². The maximum Gasteiger partial charge on any atom is 0.263 e. The number of aromatic nitrogens is 1. The molecule has 0 aliphatic carbocycles. The van der Waals surface area contributed by atoms with Crippen molar-refractivity contribution in [2.24, 2.45) is 0 Å². The highest BCUT2D eigenvalue weighted by Crippen LogP contribution is 2.31. The molecule has 1 aromatic carbocycles. The Labute approximate surface area is 128 Å². The van der Waals surface area contributed by atoms with Crippen LogP contribution >= 0.6 is 39.1 Å². The summed E-state index contributed by atoms with van der Waals surface area (Å²) in [5, 5.41) is 0.636.